The third-order valence-electron chi connectivity index (χ3n) is 3.91. The van der Waals surface area contributed by atoms with Gasteiger partial charge in [-0.25, -0.2) is 0 Å². The second kappa shape index (κ2) is 7.11. The van der Waals surface area contributed by atoms with Crippen molar-refractivity contribution < 1.29 is 4.74 Å². The number of rotatable bonds is 4. The zero-order valence-corrected chi connectivity index (χ0v) is 13.1. The highest BCUT2D eigenvalue weighted by Gasteiger charge is 2.17. The van der Waals surface area contributed by atoms with Gasteiger partial charge in [0.05, 0.1) is 7.11 Å². The Labute approximate surface area is 124 Å². The minimum Gasteiger partial charge on any atom is -0.497 e. The minimum atomic E-state index is 0.647. The van der Waals surface area contributed by atoms with Crippen LogP contribution < -0.4 is 10.5 Å². The van der Waals surface area contributed by atoms with Crippen molar-refractivity contribution in [2.24, 2.45) is 11.7 Å². The topological polar surface area (TPSA) is 35.2 Å². The van der Waals surface area contributed by atoms with Crippen LogP contribution in [0.25, 0.3) is 6.08 Å². The van der Waals surface area contributed by atoms with Crippen LogP contribution in [0.5, 0.6) is 5.75 Å². The molecule has 0 amide bonds. The summed E-state index contributed by atoms with van der Waals surface area (Å²) in [7, 11) is 1.70. The molecule has 1 aromatic rings. The first-order valence-corrected chi connectivity index (χ1v) is 7.78. The number of methoxy groups -OCH3 is 1. The summed E-state index contributed by atoms with van der Waals surface area (Å²) in [6.45, 7) is 0.647. The Morgan fingerprint density at radius 2 is 2.11 bits per heavy atom. The van der Waals surface area contributed by atoms with Gasteiger partial charge in [0.25, 0.3) is 0 Å². The van der Waals surface area contributed by atoms with E-state index in [9.17, 15) is 0 Å². The van der Waals surface area contributed by atoms with E-state index >= 15 is 0 Å². The zero-order chi connectivity index (χ0) is 13.7. The lowest BCUT2D eigenvalue weighted by Gasteiger charge is -2.24. The summed E-state index contributed by atoms with van der Waals surface area (Å²) in [4.78, 5) is 0. The molecule has 1 aromatic carbocycles. The number of ether oxygens (including phenoxy) is 1. The largest absolute Gasteiger partial charge is 0.497 e. The molecular formula is C16H22BrNO. The van der Waals surface area contributed by atoms with Gasteiger partial charge in [0, 0.05) is 11.0 Å². The van der Waals surface area contributed by atoms with Crippen molar-refractivity contribution in [3.05, 3.63) is 33.8 Å². The monoisotopic (exact) mass is 323 g/mol. The molecule has 0 saturated heterocycles. The molecule has 104 valence electrons. The van der Waals surface area contributed by atoms with Crippen LogP contribution in [0.4, 0.5) is 0 Å². The molecule has 2 rings (SSSR count). The Morgan fingerprint density at radius 3 is 2.74 bits per heavy atom. The molecule has 2 nitrogen and oxygen atoms in total. The van der Waals surface area contributed by atoms with Crippen LogP contribution in [-0.4, -0.2) is 13.7 Å². The molecule has 3 heteroatoms. The summed E-state index contributed by atoms with van der Waals surface area (Å²) in [6, 6.07) is 6.05. The Balaban J connectivity index is 2.25. The molecule has 0 aromatic heterocycles. The second-order valence-corrected chi connectivity index (χ2v) is 6.00. The molecule has 1 aliphatic rings. The minimum absolute atomic E-state index is 0.647. The van der Waals surface area contributed by atoms with Crippen molar-refractivity contribution in [2.45, 2.75) is 32.1 Å². The maximum atomic E-state index is 5.96. The molecule has 1 fully saturated rings. The maximum Gasteiger partial charge on any atom is 0.119 e. The highest BCUT2D eigenvalue weighted by Crippen LogP contribution is 2.32. The molecule has 1 aliphatic carbocycles. The van der Waals surface area contributed by atoms with Gasteiger partial charge in [0.15, 0.2) is 0 Å². The van der Waals surface area contributed by atoms with Gasteiger partial charge in [-0.15, -0.1) is 0 Å². The normalized spacial score (nSPS) is 17.5. The predicted octanol–water partition coefficient (Wildman–Crippen LogP) is 4.38. The van der Waals surface area contributed by atoms with Crippen molar-refractivity contribution in [1.29, 1.82) is 0 Å². The van der Waals surface area contributed by atoms with E-state index in [0.717, 1.165) is 15.8 Å². The average molecular weight is 324 g/mol. The Hall–Kier alpha value is -0.800. The summed E-state index contributed by atoms with van der Waals surface area (Å²) in [6.07, 6.45) is 8.84. The van der Waals surface area contributed by atoms with Crippen LogP contribution in [0.15, 0.2) is 28.2 Å². The molecule has 19 heavy (non-hydrogen) atoms. The van der Waals surface area contributed by atoms with Gasteiger partial charge in [-0.3, -0.25) is 0 Å². The first-order chi connectivity index (χ1) is 9.24. The van der Waals surface area contributed by atoms with Crippen molar-refractivity contribution in [1.82, 2.24) is 0 Å². The van der Waals surface area contributed by atoms with Crippen molar-refractivity contribution >= 4 is 22.0 Å². The van der Waals surface area contributed by atoms with E-state index in [-0.39, 0.29) is 0 Å². The van der Waals surface area contributed by atoms with Crippen molar-refractivity contribution in [2.75, 3.05) is 13.7 Å². The second-order valence-electron chi connectivity index (χ2n) is 5.15. The fraction of sp³-hybridized carbons (Fsp3) is 0.500. The van der Waals surface area contributed by atoms with Gasteiger partial charge in [-0.1, -0.05) is 46.8 Å². The molecule has 0 aliphatic heterocycles. The van der Waals surface area contributed by atoms with E-state index in [4.69, 9.17) is 10.5 Å². The molecule has 1 saturated carbocycles. The predicted molar refractivity (Wildman–Crippen MR) is 84.3 cm³/mol. The lowest BCUT2D eigenvalue weighted by atomic mass is 9.83. The van der Waals surface area contributed by atoms with E-state index in [1.54, 1.807) is 7.11 Å². The smallest absolute Gasteiger partial charge is 0.119 e. The molecule has 0 radical (unpaired) electrons. The van der Waals surface area contributed by atoms with E-state index in [1.807, 2.05) is 12.1 Å². The standard InChI is InChI=1S/C16H22BrNO/c1-19-15-7-8-16(17)13(10-15)9-14(11-18)12-5-3-2-4-6-12/h7-10,12H,2-6,11,18H2,1H3/b14-9-. The maximum absolute atomic E-state index is 5.96. The number of nitrogens with two attached hydrogens (primary N) is 1. The summed E-state index contributed by atoms with van der Waals surface area (Å²) < 4.78 is 6.38. The summed E-state index contributed by atoms with van der Waals surface area (Å²) in [5.74, 6) is 1.55. The van der Waals surface area contributed by atoms with Crippen LogP contribution in [0, 0.1) is 5.92 Å². The lowest BCUT2D eigenvalue weighted by molar-refractivity contribution is 0.401. The Morgan fingerprint density at radius 1 is 1.37 bits per heavy atom. The summed E-state index contributed by atoms with van der Waals surface area (Å²) in [5.41, 5.74) is 8.48. The molecule has 2 N–H and O–H groups in total. The summed E-state index contributed by atoms with van der Waals surface area (Å²) in [5, 5.41) is 0. The van der Waals surface area contributed by atoms with E-state index in [1.165, 1.54) is 37.7 Å². The SMILES string of the molecule is COc1ccc(Br)c(/C=C(/CN)C2CCCCC2)c1. The lowest BCUT2D eigenvalue weighted by Crippen LogP contribution is -2.16. The van der Waals surface area contributed by atoms with Crippen molar-refractivity contribution in [3.63, 3.8) is 0 Å². The highest BCUT2D eigenvalue weighted by atomic mass is 79.9. The molecule has 0 spiro atoms. The Bertz CT molecular complexity index is 450. The molecule has 0 bridgehead atoms. The molecular weight excluding hydrogens is 302 g/mol. The Kier molecular flexibility index (Phi) is 5.46. The van der Waals surface area contributed by atoms with Gasteiger partial charge in [0.2, 0.25) is 0 Å². The van der Waals surface area contributed by atoms with Crippen LogP contribution in [-0.2, 0) is 0 Å². The van der Waals surface area contributed by atoms with Crippen LogP contribution in [0.2, 0.25) is 0 Å². The molecule has 0 atom stereocenters. The van der Waals surface area contributed by atoms with Crippen LogP contribution >= 0.6 is 15.9 Å². The molecule has 0 heterocycles. The fourth-order valence-electron chi connectivity index (χ4n) is 2.78. The van der Waals surface area contributed by atoms with Crippen LogP contribution in [0.1, 0.15) is 37.7 Å². The fourth-order valence-corrected chi connectivity index (χ4v) is 3.14. The van der Waals surface area contributed by atoms with E-state index < -0.39 is 0 Å². The number of benzene rings is 1. The third kappa shape index (κ3) is 3.83. The number of hydrogen-bond donors (Lipinski definition) is 1. The first kappa shape index (κ1) is 14.6. The van der Waals surface area contributed by atoms with Gasteiger partial charge in [-0.05, 0) is 42.5 Å². The first-order valence-electron chi connectivity index (χ1n) is 6.98. The van der Waals surface area contributed by atoms with Gasteiger partial charge in [-0.2, -0.15) is 0 Å². The van der Waals surface area contributed by atoms with Gasteiger partial charge < -0.3 is 10.5 Å². The average Bonchev–Trinajstić information content (AvgIpc) is 2.47. The zero-order valence-electron chi connectivity index (χ0n) is 11.5. The quantitative estimate of drug-likeness (QED) is 0.892. The third-order valence-corrected chi connectivity index (χ3v) is 4.63. The van der Waals surface area contributed by atoms with E-state index in [2.05, 4.69) is 28.1 Å². The van der Waals surface area contributed by atoms with Gasteiger partial charge >= 0.3 is 0 Å². The highest BCUT2D eigenvalue weighted by molar-refractivity contribution is 9.10. The number of hydrogen-bond acceptors (Lipinski definition) is 2. The van der Waals surface area contributed by atoms with E-state index in [0.29, 0.717) is 12.5 Å². The molecule has 0 unspecified atom stereocenters. The van der Waals surface area contributed by atoms with Crippen LogP contribution in [0.3, 0.4) is 0 Å². The van der Waals surface area contributed by atoms with Crippen molar-refractivity contribution in [3.8, 4) is 5.75 Å². The van der Waals surface area contributed by atoms with Gasteiger partial charge in [0.1, 0.15) is 5.75 Å². The summed E-state index contributed by atoms with van der Waals surface area (Å²) >= 11 is 3.60. The number of halogens is 1.